The van der Waals surface area contributed by atoms with Crippen LogP contribution in [0.5, 0.6) is 0 Å². The average Bonchev–Trinajstić information content (AvgIpc) is 3.19. The van der Waals surface area contributed by atoms with Gasteiger partial charge in [0.1, 0.15) is 5.82 Å². The molecule has 31 heavy (non-hydrogen) atoms. The molecule has 1 amide bonds. The number of hydrogen-bond donors (Lipinski definition) is 2. The SMILES string of the molecule is O=C(NCCCc1nc2ccccc2[nH]1)c1ccccc1-c1ccc(C(F)(F)F)cc1. The molecule has 158 valence electrons. The van der Waals surface area contributed by atoms with E-state index in [1.807, 2.05) is 24.3 Å². The van der Waals surface area contributed by atoms with Crippen molar-refractivity contribution in [3.63, 3.8) is 0 Å². The summed E-state index contributed by atoms with van der Waals surface area (Å²) in [4.78, 5) is 20.5. The van der Waals surface area contributed by atoms with E-state index in [9.17, 15) is 18.0 Å². The number of imidazole rings is 1. The Hall–Kier alpha value is -3.61. The minimum Gasteiger partial charge on any atom is -0.352 e. The number of alkyl halides is 3. The van der Waals surface area contributed by atoms with Gasteiger partial charge in [-0.05, 0) is 47.9 Å². The van der Waals surface area contributed by atoms with Crippen LogP contribution < -0.4 is 5.32 Å². The highest BCUT2D eigenvalue weighted by Gasteiger charge is 2.30. The Morgan fingerprint density at radius 2 is 1.65 bits per heavy atom. The molecule has 4 rings (SSSR count). The molecule has 0 atom stereocenters. The number of hydrogen-bond acceptors (Lipinski definition) is 2. The number of fused-ring (bicyclic) bond motifs is 1. The zero-order chi connectivity index (χ0) is 21.8. The molecule has 0 aliphatic rings. The first-order chi connectivity index (χ1) is 14.9. The summed E-state index contributed by atoms with van der Waals surface area (Å²) in [5.74, 6) is 0.598. The predicted molar refractivity (Wildman–Crippen MR) is 114 cm³/mol. The Morgan fingerprint density at radius 1 is 0.935 bits per heavy atom. The summed E-state index contributed by atoms with van der Waals surface area (Å²) in [6, 6.07) is 19.5. The third kappa shape index (κ3) is 4.77. The molecule has 3 aromatic carbocycles. The molecule has 0 spiro atoms. The van der Waals surface area contributed by atoms with Gasteiger partial charge in [0.15, 0.2) is 0 Å². The Labute approximate surface area is 177 Å². The molecule has 2 N–H and O–H groups in total. The minimum atomic E-state index is -4.39. The number of amides is 1. The van der Waals surface area contributed by atoms with E-state index in [-0.39, 0.29) is 5.91 Å². The summed E-state index contributed by atoms with van der Waals surface area (Å²) in [7, 11) is 0. The number of rotatable bonds is 6. The molecule has 1 heterocycles. The second-order valence-corrected chi connectivity index (χ2v) is 7.18. The molecule has 0 radical (unpaired) electrons. The van der Waals surface area contributed by atoms with E-state index in [0.29, 0.717) is 36.1 Å². The van der Waals surface area contributed by atoms with Gasteiger partial charge < -0.3 is 10.3 Å². The molecule has 0 saturated heterocycles. The monoisotopic (exact) mass is 423 g/mol. The van der Waals surface area contributed by atoms with E-state index in [1.165, 1.54) is 12.1 Å². The maximum atomic E-state index is 12.8. The van der Waals surface area contributed by atoms with Crippen LogP contribution in [0.3, 0.4) is 0 Å². The van der Waals surface area contributed by atoms with Crippen molar-refractivity contribution < 1.29 is 18.0 Å². The van der Waals surface area contributed by atoms with Gasteiger partial charge in [-0.15, -0.1) is 0 Å². The lowest BCUT2D eigenvalue weighted by Gasteiger charge is -2.12. The Kier molecular flexibility index (Phi) is 5.75. The smallest absolute Gasteiger partial charge is 0.352 e. The zero-order valence-corrected chi connectivity index (χ0v) is 16.5. The topological polar surface area (TPSA) is 57.8 Å². The molecule has 4 aromatic rings. The van der Waals surface area contributed by atoms with Gasteiger partial charge in [0, 0.05) is 18.5 Å². The van der Waals surface area contributed by atoms with Gasteiger partial charge in [0.25, 0.3) is 5.91 Å². The quantitative estimate of drug-likeness (QED) is 0.396. The number of para-hydroxylation sites is 2. The Bertz CT molecular complexity index is 1160. The van der Waals surface area contributed by atoms with Crippen LogP contribution in [-0.4, -0.2) is 22.4 Å². The molecule has 4 nitrogen and oxygen atoms in total. The molecule has 0 aliphatic heterocycles. The van der Waals surface area contributed by atoms with Gasteiger partial charge in [-0.25, -0.2) is 4.98 Å². The van der Waals surface area contributed by atoms with Crippen molar-refractivity contribution in [3.8, 4) is 11.1 Å². The summed E-state index contributed by atoms with van der Waals surface area (Å²) in [5.41, 5.74) is 2.74. The maximum absolute atomic E-state index is 12.8. The van der Waals surface area contributed by atoms with Crippen LogP contribution in [0, 0.1) is 0 Å². The highest BCUT2D eigenvalue weighted by molar-refractivity contribution is 6.00. The van der Waals surface area contributed by atoms with Gasteiger partial charge >= 0.3 is 6.18 Å². The van der Waals surface area contributed by atoms with Crippen molar-refractivity contribution in [2.24, 2.45) is 0 Å². The van der Waals surface area contributed by atoms with Crippen LogP contribution in [0.1, 0.15) is 28.2 Å². The van der Waals surface area contributed by atoms with Crippen molar-refractivity contribution in [2.75, 3.05) is 6.54 Å². The van der Waals surface area contributed by atoms with Crippen LogP contribution in [-0.2, 0) is 12.6 Å². The van der Waals surface area contributed by atoms with Crippen LogP contribution in [0.15, 0.2) is 72.8 Å². The fourth-order valence-electron chi connectivity index (χ4n) is 3.45. The molecule has 0 aliphatic carbocycles. The van der Waals surface area contributed by atoms with Crippen LogP contribution in [0.25, 0.3) is 22.2 Å². The summed E-state index contributed by atoms with van der Waals surface area (Å²) in [5, 5.41) is 2.89. The molecular formula is C24H20F3N3O. The number of aryl methyl sites for hydroxylation is 1. The normalized spacial score (nSPS) is 11.6. The zero-order valence-electron chi connectivity index (χ0n) is 16.5. The van der Waals surface area contributed by atoms with Crippen LogP contribution in [0.4, 0.5) is 13.2 Å². The number of benzene rings is 3. The molecule has 0 fully saturated rings. The first-order valence-electron chi connectivity index (χ1n) is 9.90. The fourth-order valence-corrected chi connectivity index (χ4v) is 3.45. The van der Waals surface area contributed by atoms with Crippen molar-refractivity contribution in [2.45, 2.75) is 19.0 Å². The van der Waals surface area contributed by atoms with E-state index in [2.05, 4.69) is 15.3 Å². The second-order valence-electron chi connectivity index (χ2n) is 7.18. The van der Waals surface area contributed by atoms with Crippen molar-refractivity contribution in [1.29, 1.82) is 0 Å². The summed E-state index contributed by atoms with van der Waals surface area (Å²) >= 11 is 0. The molecule has 0 bridgehead atoms. The molecule has 0 saturated carbocycles. The van der Waals surface area contributed by atoms with E-state index < -0.39 is 11.7 Å². The molecule has 7 heteroatoms. The first kappa shape index (κ1) is 20.7. The number of H-pyrrole nitrogens is 1. The number of halogens is 3. The van der Waals surface area contributed by atoms with Crippen molar-refractivity contribution >= 4 is 16.9 Å². The molecule has 0 unspecified atom stereocenters. The van der Waals surface area contributed by atoms with Crippen molar-refractivity contribution in [3.05, 3.63) is 89.7 Å². The predicted octanol–water partition coefficient (Wildman–Crippen LogP) is 5.61. The Morgan fingerprint density at radius 3 is 2.39 bits per heavy atom. The van der Waals surface area contributed by atoms with E-state index in [4.69, 9.17) is 0 Å². The molecular weight excluding hydrogens is 403 g/mol. The fraction of sp³-hybridized carbons (Fsp3) is 0.167. The van der Waals surface area contributed by atoms with E-state index in [1.54, 1.807) is 24.3 Å². The van der Waals surface area contributed by atoms with Gasteiger partial charge in [-0.1, -0.05) is 42.5 Å². The first-order valence-corrected chi connectivity index (χ1v) is 9.90. The standard InChI is InChI=1S/C24H20F3N3O/c25-24(26,27)17-13-11-16(12-14-17)18-6-1-2-7-19(18)23(31)28-15-5-10-22-29-20-8-3-4-9-21(20)30-22/h1-4,6-9,11-14H,5,10,15H2,(H,28,31)(H,29,30). The van der Waals surface area contributed by atoms with Crippen LogP contribution in [0.2, 0.25) is 0 Å². The number of aromatic amines is 1. The lowest BCUT2D eigenvalue weighted by molar-refractivity contribution is -0.137. The van der Waals surface area contributed by atoms with Gasteiger partial charge in [-0.2, -0.15) is 13.2 Å². The highest BCUT2D eigenvalue weighted by Crippen LogP contribution is 2.31. The summed E-state index contributed by atoms with van der Waals surface area (Å²) in [6.45, 7) is 0.456. The third-order valence-electron chi connectivity index (χ3n) is 5.01. The van der Waals surface area contributed by atoms with Crippen LogP contribution >= 0.6 is 0 Å². The number of carbonyl (C=O) groups excluding carboxylic acids is 1. The molecule has 1 aromatic heterocycles. The maximum Gasteiger partial charge on any atom is 0.416 e. The van der Waals surface area contributed by atoms with Gasteiger partial charge in [-0.3, -0.25) is 4.79 Å². The van der Waals surface area contributed by atoms with Gasteiger partial charge in [0.2, 0.25) is 0 Å². The van der Waals surface area contributed by atoms with E-state index in [0.717, 1.165) is 29.0 Å². The van der Waals surface area contributed by atoms with E-state index >= 15 is 0 Å². The largest absolute Gasteiger partial charge is 0.416 e. The Balaban J connectivity index is 1.39. The van der Waals surface area contributed by atoms with Crippen molar-refractivity contribution in [1.82, 2.24) is 15.3 Å². The number of carbonyl (C=O) groups is 1. The highest BCUT2D eigenvalue weighted by atomic mass is 19.4. The average molecular weight is 423 g/mol. The third-order valence-corrected chi connectivity index (χ3v) is 5.01. The summed E-state index contributed by atoms with van der Waals surface area (Å²) in [6.07, 6.45) is -3.00. The number of nitrogens with zero attached hydrogens (tertiary/aromatic N) is 1. The lowest BCUT2D eigenvalue weighted by atomic mass is 9.98. The number of nitrogens with one attached hydrogen (secondary N) is 2. The second kappa shape index (κ2) is 8.63. The summed E-state index contributed by atoms with van der Waals surface area (Å²) < 4.78 is 38.4. The minimum absolute atomic E-state index is 0.264. The number of aromatic nitrogens is 2. The lowest BCUT2D eigenvalue weighted by Crippen LogP contribution is -2.25. The van der Waals surface area contributed by atoms with Gasteiger partial charge in [0.05, 0.1) is 16.6 Å².